The van der Waals surface area contributed by atoms with Crippen molar-refractivity contribution < 1.29 is 212 Å². The Labute approximate surface area is 604 Å². The summed E-state index contributed by atoms with van der Waals surface area (Å²) in [5.74, 6) is -7.68. The minimum absolute atomic E-state index is 0. The van der Waals surface area contributed by atoms with Gasteiger partial charge >= 0.3 is 88.7 Å². The van der Waals surface area contributed by atoms with E-state index in [0.29, 0.717) is 0 Å². The van der Waals surface area contributed by atoms with Gasteiger partial charge < -0.3 is 45.0 Å². The summed E-state index contributed by atoms with van der Waals surface area (Å²) >= 11 is 0. The monoisotopic (exact) mass is 1470 g/mol. The molecule has 0 bridgehead atoms. The minimum Gasteiger partial charge on any atom is -0.543 e. The Morgan fingerprint density at radius 2 is 0.448 bits per heavy atom. The zero-order valence-electron chi connectivity index (χ0n) is 48.0. The number of aromatic carboxylic acids is 3. The number of aromatic nitrogens is 6. The van der Waals surface area contributed by atoms with Crippen LogP contribution in [0.25, 0.3) is 17.1 Å². The molecule has 0 fully saturated rings. The van der Waals surface area contributed by atoms with E-state index < -0.39 is 160 Å². The SMILES string of the molecule is O=C([O-])c1nn(-c2ccc(S(=O)(=O)O)cc2)c(O)c1/N=N/c1ccc(S(=O)(=O)O)cc1.O=C([O-])c1nn(-c2ccc(S(=O)(=O)O)cc2)c(O)c1/N=N/c1ccc(S(=O)(=O)O)cc1.O=C([O-])c1nn(-c2ccc(S(=O)(=O)O)cc2)c(O)c1/N=N/c1ccc(S(=O)(=O)O)cc1.[Na+].[Na+].[Na+]. The van der Waals surface area contributed by atoms with Gasteiger partial charge in [0.25, 0.3) is 60.7 Å². The van der Waals surface area contributed by atoms with Crippen molar-refractivity contribution in [2.45, 2.75) is 29.4 Å². The van der Waals surface area contributed by atoms with Gasteiger partial charge in [0.2, 0.25) is 17.6 Å². The molecule has 0 aliphatic carbocycles. The van der Waals surface area contributed by atoms with E-state index in [0.717, 1.165) is 123 Å². The fourth-order valence-corrected chi connectivity index (χ4v) is 9.97. The number of nitrogens with zero attached hydrogens (tertiary/aromatic N) is 12. The van der Waals surface area contributed by atoms with Crippen LogP contribution in [0.2, 0.25) is 0 Å². The van der Waals surface area contributed by atoms with Crippen LogP contribution in [0.1, 0.15) is 31.5 Å². The predicted octanol–water partition coefficient (Wildman–Crippen LogP) is -6.44. The fraction of sp³-hybridized carbons (Fsp3) is 0. The number of carbonyl (C=O) groups is 3. The molecule has 0 saturated heterocycles. The van der Waals surface area contributed by atoms with Crippen molar-refractivity contribution in [1.82, 2.24) is 29.3 Å². The Kier molecular flexibility index (Phi) is 26.8. The van der Waals surface area contributed by atoms with Gasteiger partial charge in [0.15, 0.2) is 17.1 Å². The largest absolute Gasteiger partial charge is 1.00 e. The molecule has 0 aliphatic rings. The first kappa shape index (κ1) is 80.5. The summed E-state index contributed by atoms with van der Waals surface area (Å²) < 4.78 is 189. The molecule has 3 aromatic heterocycles. The molecule has 3 heterocycles. The Hall–Kier alpha value is -7.98. The van der Waals surface area contributed by atoms with Gasteiger partial charge in [-0.05, 0) is 146 Å². The second-order valence-electron chi connectivity index (χ2n) is 17.6. The third-order valence-corrected chi connectivity index (χ3v) is 16.6. The second-order valence-corrected chi connectivity index (χ2v) is 26.1. The van der Waals surface area contributed by atoms with Crippen molar-refractivity contribution in [2.75, 3.05) is 0 Å². The Balaban J connectivity index is 0.000000302. The third-order valence-electron chi connectivity index (χ3n) is 11.4. The van der Waals surface area contributed by atoms with Gasteiger partial charge in [-0.1, -0.05) is 0 Å². The van der Waals surface area contributed by atoms with Crippen molar-refractivity contribution in [3.8, 4) is 34.7 Å². The molecule has 0 aliphatic heterocycles. The van der Waals surface area contributed by atoms with E-state index in [1.807, 2.05) is 0 Å². The number of carboxylic acids is 3. The fourth-order valence-electron chi connectivity index (χ4n) is 7.09. The first-order valence-electron chi connectivity index (χ1n) is 23.9. The summed E-state index contributed by atoms with van der Waals surface area (Å²) in [5.41, 5.74) is -3.83. The van der Waals surface area contributed by atoms with Crippen molar-refractivity contribution >= 4 is 113 Å². The van der Waals surface area contributed by atoms with Crippen LogP contribution in [0, 0.1) is 0 Å². The summed E-state index contributed by atoms with van der Waals surface area (Å²) in [6.07, 6.45) is 0. The van der Waals surface area contributed by atoms with Crippen molar-refractivity contribution in [1.29, 1.82) is 0 Å². The van der Waals surface area contributed by atoms with Crippen molar-refractivity contribution in [3.05, 3.63) is 163 Å². The zero-order valence-corrected chi connectivity index (χ0v) is 58.9. The number of carbonyl (C=O) groups excluding carboxylic acids is 3. The quantitative estimate of drug-likeness (QED) is 0.0219. The summed E-state index contributed by atoms with van der Waals surface area (Å²) in [4.78, 5) is 31.6. The number of hydrogen-bond donors (Lipinski definition) is 9. The van der Waals surface area contributed by atoms with Gasteiger partial charge in [-0.15, -0.1) is 15.3 Å². The van der Waals surface area contributed by atoms with E-state index >= 15 is 0 Å². The van der Waals surface area contributed by atoms with E-state index in [2.05, 4.69) is 46.0 Å². The average molecular weight is 1470 g/mol. The summed E-state index contributed by atoms with van der Waals surface area (Å²) in [5, 5.41) is 98.0. The van der Waals surface area contributed by atoms with Gasteiger partial charge in [-0.3, -0.25) is 27.3 Å². The summed E-state index contributed by atoms with van der Waals surface area (Å²) in [7, 11) is -26.6. The minimum atomic E-state index is -4.46. The molecule has 0 amide bonds. The van der Waals surface area contributed by atoms with Crippen LogP contribution < -0.4 is 104 Å². The molecule has 9 rings (SSSR count). The van der Waals surface area contributed by atoms with Gasteiger partial charge in [0, 0.05) is 0 Å². The van der Waals surface area contributed by atoms with Gasteiger partial charge in [-0.25, -0.2) is 0 Å². The molecule has 0 radical (unpaired) electrons. The second kappa shape index (κ2) is 31.9. The van der Waals surface area contributed by atoms with Crippen LogP contribution in [0.4, 0.5) is 34.1 Å². The van der Waals surface area contributed by atoms with E-state index in [1.54, 1.807) is 0 Å². The maximum absolute atomic E-state index is 11.4. The maximum Gasteiger partial charge on any atom is 1.00 e. The number of hydrogen-bond acceptors (Lipinski definition) is 30. The molecule has 9 N–H and O–H groups in total. The van der Waals surface area contributed by atoms with Crippen molar-refractivity contribution in [3.63, 3.8) is 0 Å². The summed E-state index contributed by atoms with van der Waals surface area (Å²) in [6, 6.07) is 26.1. The predicted molar refractivity (Wildman–Crippen MR) is 299 cm³/mol. The van der Waals surface area contributed by atoms with Crippen LogP contribution in [-0.2, 0) is 60.7 Å². The van der Waals surface area contributed by atoms with Gasteiger partial charge in [0.1, 0.15) is 17.1 Å². The van der Waals surface area contributed by atoms with E-state index in [4.69, 9.17) is 27.3 Å². The smallest absolute Gasteiger partial charge is 0.543 e. The number of benzene rings is 6. The van der Waals surface area contributed by atoms with Crippen LogP contribution in [-0.4, -0.2) is 140 Å². The molecular formula is C48H33N12Na3O27S6. The Morgan fingerprint density at radius 1 is 0.292 bits per heavy atom. The standard InChI is InChI=1S/3C16H12N4O9S2.3Na/c3*21-15-13(18-17-9-1-5-11(6-2-9)30(24,25)26)14(16(22)23)19-20(15)10-3-7-12(8-4-10)31(27,28)29;;;/h3*1-8,21H,(H,22,23)(H,24,25,26)(H,27,28,29);;;/q;;;3*+1/p-3/b3*18-17+;;;. The number of azo groups is 3. The summed E-state index contributed by atoms with van der Waals surface area (Å²) in [6.45, 7) is 0. The molecule has 0 unspecified atom stereocenters. The maximum atomic E-state index is 11.4. The van der Waals surface area contributed by atoms with Gasteiger partial charge in [-0.2, -0.15) is 95.2 Å². The van der Waals surface area contributed by atoms with E-state index in [-0.39, 0.29) is 123 Å². The molecule has 39 nitrogen and oxygen atoms in total. The molecular weight excluding hydrogens is 1440 g/mol. The number of aromatic hydroxyl groups is 3. The molecule has 48 heteroatoms. The molecule has 96 heavy (non-hydrogen) atoms. The van der Waals surface area contributed by atoms with Crippen LogP contribution in [0.3, 0.4) is 0 Å². The topological polar surface area (TPSA) is 635 Å². The van der Waals surface area contributed by atoms with Crippen LogP contribution in [0.5, 0.6) is 17.6 Å². The molecule has 486 valence electrons. The molecule has 0 spiro atoms. The molecule has 9 aromatic rings. The molecule has 6 aromatic carbocycles. The third kappa shape index (κ3) is 20.3. The Morgan fingerprint density at radius 3 is 0.594 bits per heavy atom. The van der Waals surface area contributed by atoms with E-state index in [1.165, 1.54) is 36.4 Å². The van der Waals surface area contributed by atoms with Gasteiger partial charge in [0.05, 0.1) is 81.4 Å². The molecule has 0 atom stereocenters. The van der Waals surface area contributed by atoms with Crippen molar-refractivity contribution in [2.24, 2.45) is 30.7 Å². The normalized spacial score (nSPS) is 11.9. The Bertz CT molecular complexity index is 4720. The first-order chi connectivity index (χ1) is 43.1. The number of rotatable bonds is 18. The average Bonchev–Trinajstić information content (AvgIpc) is 1.67. The van der Waals surface area contributed by atoms with E-state index in [9.17, 15) is 95.5 Å². The zero-order chi connectivity index (χ0) is 68.9. The van der Waals surface area contributed by atoms with Crippen LogP contribution in [0.15, 0.2) is 206 Å². The van der Waals surface area contributed by atoms with Crippen LogP contribution >= 0.6 is 0 Å². The first-order valence-corrected chi connectivity index (χ1v) is 32.6. The number of carboxylic acid groups (broad SMARTS) is 3. The molecule has 0 saturated carbocycles.